The van der Waals surface area contributed by atoms with Crippen LogP contribution in [0.25, 0.3) is 10.9 Å². The largest absolute Gasteiger partial charge is 0.348 e. The van der Waals surface area contributed by atoms with Gasteiger partial charge in [-0.15, -0.1) is 6.58 Å². The fourth-order valence-electron chi connectivity index (χ4n) is 2.88. The van der Waals surface area contributed by atoms with Gasteiger partial charge in [-0.05, 0) is 55.2 Å². The van der Waals surface area contributed by atoms with Crippen LogP contribution in [0.3, 0.4) is 0 Å². The van der Waals surface area contributed by atoms with E-state index in [4.69, 9.17) is 12.2 Å². The average Bonchev–Trinajstić information content (AvgIpc) is 2.74. The van der Waals surface area contributed by atoms with E-state index < -0.39 is 10.0 Å². The van der Waals surface area contributed by atoms with Crippen LogP contribution in [-0.2, 0) is 23.1 Å². The first-order chi connectivity index (χ1) is 14.3. The summed E-state index contributed by atoms with van der Waals surface area (Å²) in [6.45, 7) is 4.12. The molecule has 156 valence electrons. The van der Waals surface area contributed by atoms with Gasteiger partial charge >= 0.3 is 0 Å². The number of allylic oxidation sites excluding steroid dienone is 1. The smallest absolute Gasteiger partial charge is 0.262 e. The van der Waals surface area contributed by atoms with Gasteiger partial charge in [-0.25, -0.2) is 13.1 Å². The summed E-state index contributed by atoms with van der Waals surface area (Å²) in [6.07, 6.45) is 1.58. The van der Waals surface area contributed by atoms with Gasteiger partial charge in [-0.3, -0.25) is 14.2 Å². The number of hydrogen-bond donors (Lipinski definition) is 3. The van der Waals surface area contributed by atoms with Crippen molar-refractivity contribution in [2.24, 2.45) is 0 Å². The first-order valence-electron chi connectivity index (χ1n) is 8.95. The quantitative estimate of drug-likeness (QED) is 0.381. The molecule has 0 spiro atoms. The number of hydrogen-bond acceptors (Lipinski definition) is 5. The van der Waals surface area contributed by atoms with E-state index in [1.165, 1.54) is 23.7 Å². The third kappa shape index (κ3) is 4.40. The predicted octanol–water partition coefficient (Wildman–Crippen LogP) is 2.08. The average molecular weight is 445 g/mol. The molecule has 3 rings (SSSR count). The van der Waals surface area contributed by atoms with E-state index in [1.54, 1.807) is 36.4 Å². The van der Waals surface area contributed by atoms with Gasteiger partial charge in [0.05, 0.1) is 15.8 Å². The number of aromatic nitrogens is 2. The normalized spacial score (nSPS) is 11.4. The zero-order valence-electron chi connectivity index (χ0n) is 16.1. The van der Waals surface area contributed by atoms with Crippen molar-refractivity contribution in [3.8, 4) is 0 Å². The molecule has 0 aliphatic carbocycles. The van der Waals surface area contributed by atoms with Crippen LogP contribution in [0.5, 0.6) is 0 Å². The minimum atomic E-state index is -3.51. The summed E-state index contributed by atoms with van der Waals surface area (Å²) < 4.78 is 27.4. The predicted molar refractivity (Wildman–Crippen MR) is 117 cm³/mol. The molecule has 8 nitrogen and oxygen atoms in total. The lowest BCUT2D eigenvalue weighted by Crippen LogP contribution is -2.24. The molecule has 0 atom stereocenters. The van der Waals surface area contributed by atoms with Crippen molar-refractivity contribution in [2.45, 2.75) is 18.0 Å². The van der Waals surface area contributed by atoms with Gasteiger partial charge in [0.25, 0.3) is 11.5 Å². The number of aromatic amines is 1. The lowest BCUT2D eigenvalue weighted by atomic mass is 10.1. The second-order valence-corrected chi connectivity index (χ2v) is 8.70. The van der Waals surface area contributed by atoms with E-state index in [1.807, 2.05) is 0 Å². The van der Waals surface area contributed by atoms with E-state index in [-0.39, 0.29) is 27.7 Å². The highest BCUT2D eigenvalue weighted by Gasteiger charge is 2.12. The number of carbonyl (C=O) groups excluding carboxylic acids is 1. The Bertz CT molecular complexity index is 1340. The summed E-state index contributed by atoms with van der Waals surface area (Å²) in [5.74, 6) is -0.335. The molecule has 30 heavy (non-hydrogen) atoms. The number of benzene rings is 2. The molecule has 1 heterocycles. The van der Waals surface area contributed by atoms with Crippen LogP contribution in [0.4, 0.5) is 0 Å². The summed E-state index contributed by atoms with van der Waals surface area (Å²) >= 11 is 5.21. The van der Waals surface area contributed by atoms with Crippen LogP contribution in [0.15, 0.2) is 64.8 Å². The fourth-order valence-corrected chi connectivity index (χ4v) is 3.88. The molecule has 0 unspecified atom stereocenters. The van der Waals surface area contributed by atoms with E-state index in [0.29, 0.717) is 23.0 Å². The van der Waals surface area contributed by atoms with Gasteiger partial charge < -0.3 is 10.3 Å². The van der Waals surface area contributed by atoms with Crippen molar-refractivity contribution in [1.82, 2.24) is 19.6 Å². The van der Waals surface area contributed by atoms with Gasteiger partial charge in [0.15, 0.2) is 4.77 Å². The Kier molecular flexibility index (Phi) is 6.30. The van der Waals surface area contributed by atoms with Crippen molar-refractivity contribution in [3.63, 3.8) is 0 Å². The molecular weight excluding hydrogens is 424 g/mol. The Morgan fingerprint density at radius 3 is 2.57 bits per heavy atom. The van der Waals surface area contributed by atoms with Crippen molar-refractivity contribution in [3.05, 3.63) is 81.4 Å². The Morgan fingerprint density at radius 2 is 1.93 bits per heavy atom. The summed E-state index contributed by atoms with van der Waals surface area (Å²) in [5.41, 5.74) is 1.33. The molecule has 0 aliphatic heterocycles. The molecule has 1 amide bonds. The van der Waals surface area contributed by atoms with Gasteiger partial charge in [0.1, 0.15) is 0 Å². The molecule has 2 aromatic carbocycles. The Labute approximate surface area is 178 Å². The Morgan fingerprint density at radius 1 is 1.23 bits per heavy atom. The van der Waals surface area contributed by atoms with Gasteiger partial charge in [-0.2, -0.15) is 0 Å². The second-order valence-electron chi connectivity index (χ2n) is 6.43. The minimum Gasteiger partial charge on any atom is -0.348 e. The zero-order chi connectivity index (χ0) is 21.9. The van der Waals surface area contributed by atoms with Gasteiger partial charge in [-0.1, -0.05) is 18.2 Å². The Balaban J connectivity index is 1.79. The number of carbonyl (C=O) groups is 1. The third-order valence-corrected chi connectivity index (χ3v) is 6.26. The fraction of sp³-hybridized carbons (Fsp3) is 0.150. The van der Waals surface area contributed by atoms with Crippen LogP contribution >= 0.6 is 12.2 Å². The molecule has 1 aromatic heterocycles. The number of nitrogens with zero attached hydrogens (tertiary/aromatic N) is 1. The van der Waals surface area contributed by atoms with Crippen LogP contribution in [0.2, 0.25) is 0 Å². The minimum absolute atomic E-state index is 0.145. The monoisotopic (exact) mass is 444 g/mol. The molecule has 3 N–H and O–H groups in total. The van der Waals surface area contributed by atoms with Gasteiger partial charge in [0.2, 0.25) is 10.0 Å². The summed E-state index contributed by atoms with van der Waals surface area (Å²) in [4.78, 5) is 28.2. The number of fused-ring (bicyclic) bond motifs is 1. The summed E-state index contributed by atoms with van der Waals surface area (Å²) in [7, 11) is -2.16. The number of nitrogens with one attached hydrogen (secondary N) is 3. The third-order valence-electron chi connectivity index (χ3n) is 4.51. The molecule has 0 saturated heterocycles. The van der Waals surface area contributed by atoms with Gasteiger partial charge in [0, 0.05) is 18.7 Å². The number of rotatable bonds is 7. The standard InChI is InChI=1S/C20H20N4O4S2/c1-3-10-24-19(26)16-9-6-14(11-17(16)23-20(24)29)18(25)22-12-13-4-7-15(8-5-13)30(27,28)21-2/h3-9,11,21H,1,10,12H2,2H3,(H,22,25)(H,23,29). The lowest BCUT2D eigenvalue weighted by molar-refractivity contribution is 0.0951. The SMILES string of the molecule is C=CCn1c(=S)[nH]c2cc(C(=O)NCc3ccc(S(=O)(=O)NC)cc3)ccc2c1=O. The molecule has 0 bridgehead atoms. The molecule has 0 aliphatic rings. The summed E-state index contributed by atoms with van der Waals surface area (Å²) in [6, 6.07) is 10.9. The number of H-pyrrole nitrogens is 1. The first-order valence-corrected chi connectivity index (χ1v) is 10.8. The van der Waals surface area contributed by atoms with E-state index in [2.05, 4.69) is 21.6 Å². The molecule has 0 fully saturated rings. The highest BCUT2D eigenvalue weighted by Crippen LogP contribution is 2.13. The van der Waals surface area contributed by atoms with Crippen LogP contribution < -0.4 is 15.6 Å². The van der Waals surface area contributed by atoms with Crippen LogP contribution in [-0.4, -0.2) is 30.9 Å². The molecule has 10 heteroatoms. The van der Waals surface area contributed by atoms with E-state index in [0.717, 1.165) is 5.56 Å². The van der Waals surface area contributed by atoms with Crippen LogP contribution in [0, 0.1) is 4.77 Å². The van der Waals surface area contributed by atoms with E-state index >= 15 is 0 Å². The maximum absolute atomic E-state index is 12.5. The number of amides is 1. The van der Waals surface area contributed by atoms with E-state index in [9.17, 15) is 18.0 Å². The van der Waals surface area contributed by atoms with Crippen molar-refractivity contribution in [1.29, 1.82) is 0 Å². The highest BCUT2D eigenvalue weighted by atomic mass is 32.2. The van der Waals surface area contributed by atoms with Crippen molar-refractivity contribution < 1.29 is 13.2 Å². The topological polar surface area (TPSA) is 113 Å². The van der Waals surface area contributed by atoms with Crippen molar-refractivity contribution in [2.75, 3.05) is 7.05 Å². The Hall–Kier alpha value is -3.08. The van der Waals surface area contributed by atoms with Crippen molar-refractivity contribution >= 4 is 39.1 Å². The highest BCUT2D eigenvalue weighted by molar-refractivity contribution is 7.89. The zero-order valence-corrected chi connectivity index (χ0v) is 17.8. The number of sulfonamides is 1. The van der Waals surface area contributed by atoms with Crippen LogP contribution in [0.1, 0.15) is 15.9 Å². The first kappa shape index (κ1) is 21.6. The molecule has 3 aromatic rings. The molecule has 0 radical (unpaired) electrons. The lowest BCUT2D eigenvalue weighted by Gasteiger charge is -2.09. The molecule has 0 saturated carbocycles. The second kappa shape index (κ2) is 8.74. The maximum atomic E-state index is 12.5. The maximum Gasteiger partial charge on any atom is 0.262 e. The molecular formula is C20H20N4O4S2. The summed E-state index contributed by atoms with van der Waals surface area (Å²) in [5, 5.41) is 3.19.